The molecule has 25 heavy (non-hydrogen) atoms. The fourth-order valence-corrected chi connectivity index (χ4v) is 2.53. The van der Waals surface area contributed by atoms with Crippen LogP contribution in [0.15, 0.2) is 36.5 Å². The molecule has 0 saturated heterocycles. The average Bonchev–Trinajstić information content (AvgIpc) is 3.48. The lowest BCUT2D eigenvalue weighted by atomic mass is 10.1. The van der Waals surface area contributed by atoms with Gasteiger partial charge in [0.25, 0.3) is 0 Å². The monoisotopic (exact) mass is 341 g/mol. The standard InChI is InChI=1S/C19H23N3O3/c1-24-16-7-3-13(11-17(16)25-2)9-10-20-15-6-8-18(21-12-15)22-19(23)14-4-5-14/h3,6-8,11-12,14,20H,4-5,9-10H2,1-2H3,(H,21,22,23). The molecule has 0 aliphatic heterocycles. The lowest BCUT2D eigenvalue weighted by molar-refractivity contribution is -0.117. The molecule has 1 aromatic carbocycles. The topological polar surface area (TPSA) is 72.5 Å². The first-order chi connectivity index (χ1) is 12.2. The molecule has 1 amide bonds. The minimum absolute atomic E-state index is 0.0710. The third-order valence-corrected chi connectivity index (χ3v) is 4.15. The SMILES string of the molecule is COc1ccc(CCNc2ccc(NC(=O)C3CC3)nc2)cc1OC. The van der Waals surface area contributed by atoms with Gasteiger partial charge in [0.15, 0.2) is 11.5 Å². The number of methoxy groups -OCH3 is 2. The first-order valence-electron chi connectivity index (χ1n) is 8.41. The van der Waals surface area contributed by atoms with Crippen LogP contribution in [0, 0.1) is 5.92 Å². The summed E-state index contributed by atoms with van der Waals surface area (Å²) in [5.41, 5.74) is 2.08. The molecular weight excluding hydrogens is 318 g/mol. The molecule has 0 radical (unpaired) electrons. The van der Waals surface area contributed by atoms with Crippen molar-refractivity contribution >= 4 is 17.4 Å². The zero-order chi connectivity index (χ0) is 17.6. The van der Waals surface area contributed by atoms with Crippen LogP contribution in [0.3, 0.4) is 0 Å². The van der Waals surface area contributed by atoms with Crippen LogP contribution < -0.4 is 20.1 Å². The van der Waals surface area contributed by atoms with Crippen molar-refractivity contribution in [3.8, 4) is 11.5 Å². The van der Waals surface area contributed by atoms with E-state index in [2.05, 4.69) is 15.6 Å². The Bertz CT molecular complexity index is 727. The third-order valence-electron chi connectivity index (χ3n) is 4.15. The van der Waals surface area contributed by atoms with E-state index >= 15 is 0 Å². The fourth-order valence-electron chi connectivity index (χ4n) is 2.53. The van der Waals surface area contributed by atoms with Gasteiger partial charge in [-0.3, -0.25) is 4.79 Å². The van der Waals surface area contributed by atoms with Gasteiger partial charge in [0.2, 0.25) is 5.91 Å². The van der Waals surface area contributed by atoms with Crippen LogP contribution in [0.1, 0.15) is 18.4 Å². The Hall–Kier alpha value is -2.76. The Morgan fingerprint density at radius 3 is 2.60 bits per heavy atom. The number of hydrogen-bond donors (Lipinski definition) is 2. The van der Waals surface area contributed by atoms with Crippen molar-refractivity contribution in [2.24, 2.45) is 5.92 Å². The van der Waals surface area contributed by atoms with Gasteiger partial charge in [-0.2, -0.15) is 0 Å². The van der Waals surface area contributed by atoms with E-state index < -0.39 is 0 Å². The number of nitrogens with zero attached hydrogens (tertiary/aromatic N) is 1. The molecule has 1 fully saturated rings. The summed E-state index contributed by atoms with van der Waals surface area (Å²) in [7, 11) is 3.26. The lowest BCUT2D eigenvalue weighted by Gasteiger charge is -2.11. The van der Waals surface area contributed by atoms with Gasteiger partial charge < -0.3 is 20.1 Å². The first-order valence-corrected chi connectivity index (χ1v) is 8.41. The molecule has 6 nitrogen and oxygen atoms in total. The number of nitrogens with one attached hydrogen (secondary N) is 2. The zero-order valence-corrected chi connectivity index (χ0v) is 14.5. The van der Waals surface area contributed by atoms with Crippen molar-refractivity contribution in [1.82, 2.24) is 4.98 Å². The second kappa shape index (κ2) is 7.88. The maximum Gasteiger partial charge on any atom is 0.228 e. The van der Waals surface area contributed by atoms with Crippen molar-refractivity contribution in [2.75, 3.05) is 31.4 Å². The molecule has 0 spiro atoms. The van der Waals surface area contributed by atoms with Gasteiger partial charge in [0.1, 0.15) is 5.82 Å². The van der Waals surface area contributed by atoms with Gasteiger partial charge >= 0.3 is 0 Å². The summed E-state index contributed by atoms with van der Waals surface area (Å²) in [6.07, 6.45) is 4.56. The molecule has 1 aromatic heterocycles. The summed E-state index contributed by atoms with van der Waals surface area (Å²) in [5.74, 6) is 2.31. The largest absolute Gasteiger partial charge is 0.493 e. The van der Waals surface area contributed by atoms with E-state index in [4.69, 9.17) is 9.47 Å². The average molecular weight is 341 g/mol. The zero-order valence-electron chi connectivity index (χ0n) is 14.5. The highest BCUT2D eigenvalue weighted by molar-refractivity contribution is 5.93. The molecule has 2 aromatic rings. The van der Waals surface area contributed by atoms with E-state index in [-0.39, 0.29) is 11.8 Å². The first kappa shape index (κ1) is 17.1. The van der Waals surface area contributed by atoms with Gasteiger partial charge in [0.05, 0.1) is 26.1 Å². The van der Waals surface area contributed by atoms with E-state index in [0.717, 1.165) is 48.6 Å². The highest BCUT2D eigenvalue weighted by Crippen LogP contribution is 2.30. The number of ether oxygens (including phenoxy) is 2. The second-order valence-electron chi connectivity index (χ2n) is 6.06. The van der Waals surface area contributed by atoms with Crippen molar-refractivity contribution in [3.05, 3.63) is 42.1 Å². The molecule has 1 saturated carbocycles. The molecule has 6 heteroatoms. The molecule has 1 heterocycles. The summed E-state index contributed by atoms with van der Waals surface area (Å²) in [6, 6.07) is 9.66. The molecule has 1 aliphatic rings. The van der Waals surface area contributed by atoms with Crippen LogP contribution in [0.25, 0.3) is 0 Å². The number of carbonyl (C=O) groups excluding carboxylic acids is 1. The van der Waals surface area contributed by atoms with E-state index in [1.54, 1.807) is 20.4 Å². The Morgan fingerprint density at radius 2 is 1.96 bits per heavy atom. The van der Waals surface area contributed by atoms with Gasteiger partial charge in [-0.05, 0) is 49.1 Å². The van der Waals surface area contributed by atoms with Crippen LogP contribution in [0.5, 0.6) is 11.5 Å². The minimum atomic E-state index is 0.0710. The fraction of sp³-hybridized carbons (Fsp3) is 0.368. The smallest absolute Gasteiger partial charge is 0.228 e. The molecule has 2 N–H and O–H groups in total. The number of anilines is 2. The van der Waals surface area contributed by atoms with Crippen LogP contribution in [0.4, 0.5) is 11.5 Å². The molecule has 1 aliphatic carbocycles. The van der Waals surface area contributed by atoms with E-state index in [9.17, 15) is 4.79 Å². The number of amides is 1. The second-order valence-corrected chi connectivity index (χ2v) is 6.06. The Kier molecular flexibility index (Phi) is 5.38. The highest BCUT2D eigenvalue weighted by Gasteiger charge is 2.29. The third kappa shape index (κ3) is 4.62. The van der Waals surface area contributed by atoms with Crippen molar-refractivity contribution < 1.29 is 14.3 Å². The molecule has 0 unspecified atom stereocenters. The van der Waals surface area contributed by atoms with Gasteiger partial charge in [0, 0.05) is 12.5 Å². The summed E-state index contributed by atoms with van der Waals surface area (Å²) in [6.45, 7) is 0.769. The Labute approximate surface area is 147 Å². The van der Waals surface area contributed by atoms with Crippen LogP contribution in [-0.2, 0) is 11.2 Å². The molecule has 0 bridgehead atoms. The maximum absolute atomic E-state index is 11.7. The van der Waals surface area contributed by atoms with Crippen LogP contribution in [-0.4, -0.2) is 31.7 Å². The highest BCUT2D eigenvalue weighted by atomic mass is 16.5. The van der Waals surface area contributed by atoms with Crippen molar-refractivity contribution in [2.45, 2.75) is 19.3 Å². The minimum Gasteiger partial charge on any atom is -0.493 e. The number of aromatic nitrogens is 1. The van der Waals surface area contributed by atoms with E-state index in [0.29, 0.717) is 5.82 Å². The number of benzene rings is 1. The number of rotatable bonds is 8. The number of carbonyl (C=O) groups is 1. The quantitative estimate of drug-likeness (QED) is 0.772. The Balaban J connectivity index is 1.49. The van der Waals surface area contributed by atoms with Crippen molar-refractivity contribution in [3.63, 3.8) is 0 Å². The van der Waals surface area contributed by atoms with E-state index in [1.807, 2.05) is 30.3 Å². The predicted octanol–water partition coefficient (Wildman–Crippen LogP) is 3.10. The summed E-state index contributed by atoms with van der Waals surface area (Å²) < 4.78 is 10.6. The van der Waals surface area contributed by atoms with Gasteiger partial charge in [-0.1, -0.05) is 6.07 Å². The lowest BCUT2D eigenvalue weighted by Crippen LogP contribution is -2.14. The van der Waals surface area contributed by atoms with Gasteiger partial charge in [-0.15, -0.1) is 0 Å². The molecular formula is C19H23N3O3. The summed E-state index contributed by atoms with van der Waals surface area (Å²) in [4.78, 5) is 16.0. The van der Waals surface area contributed by atoms with Crippen LogP contribution in [0.2, 0.25) is 0 Å². The predicted molar refractivity (Wildman–Crippen MR) is 97.3 cm³/mol. The summed E-state index contributed by atoms with van der Waals surface area (Å²) >= 11 is 0. The number of hydrogen-bond acceptors (Lipinski definition) is 5. The van der Waals surface area contributed by atoms with E-state index in [1.165, 1.54) is 0 Å². The molecule has 0 atom stereocenters. The maximum atomic E-state index is 11.7. The van der Waals surface area contributed by atoms with Gasteiger partial charge in [-0.25, -0.2) is 4.98 Å². The normalized spacial score (nSPS) is 13.2. The van der Waals surface area contributed by atoms with Crippen molar-refractivity contribution in [1.29, 1.82) is 0 Å². The van der Waals surface area contributed by atoms with Crippen LogP contribution >= 0.6 is 0 Å². The molecule has 3 rings (SSSR count). The molecule has 132 valence electrons. The number of pyridine rings is 1. The Morgan fingerprint density at radius 1 is 1.16 bits per heavy atom. The summed E-state index contributed by atoms with van der Waals surface area (Å²) in [5, 5.41) is 6.16.